The molecule has 3 N–H and O–H groups in total. The van der Waals surface area contributed by atoms with Gasteiger partial charge in [0.15, 0.2) is 0 Å². The molecule has 2 amide bonds. The molecule has 1 aromatic carbocycles. The Morgan fingerprint density at radius 1 is 1.29 bits per heavy atom. The third-order valence-electron chi connectivity index (χ3n) is 3.19. The lowest BCUT2D eigenvalue weighted by molar-refractivity contribution is -0.121. The third kappa shape index (κ3) is 6.14. The van der Waals surface area contributed by atoms with Gasteiger partial charge in [-0.15, -0.1) is 12.4 Å². The van der Waals surface area contributed by atoms with Crippen molar-refractivity contribution in [1.29, 1.82) is 0 Å². The Hall–Kier alpha value is -1.59. The third-order valence-corrected chi connectivity index (χ3v) is 3.19. The van der Waals surface area contributed by atoms with Gasteiger partial charge in [-0.2, -0.15) is 0 Å². The van der Waals surface area contributed by atoms with Crippen LogP contribution in [0.1, 0.15) is 35.2 Å². The summed E-state index contributed by atoms with van der Waals surface area (Å²) in [4.78, 5) is 23.4. The van der Waals surface area contributed by atoms with E-state index in [0.717, 1.165) is 18.4 Å². The fourth-order valence-corrected chi connectivity index (χ4v) is 1.85. The zero-order valence-electron chi connectivity index (χ0n) is 12.1. The van der Waals surface area contributed by atoms with Crippen LogP contribution in [0.3, 0.4) is 0 Å². The molecule has 5 nitrogen and oxygen atoms in total. The van der Waals surface area contributed by atoms with Gasteiger partial charge in [0.2, 0.25) is 5.91 Å². The van der Waals surface area contributed by atoms with E-state index in [4.69, 9.17) is 0 Å². The van der Waals surface area contributed by atoms with Gasteiger partial charge < -0.3 is 16.0 Å². The van der Waals surface area contributed by atoms with Crippen LogP contribution in [0.5, 0.6) is 0 Å². The lowest BCUT2D eigenvalue weighted by Gasteiger charge is -2.08. The van der Waals surface area contributed by atoms with E-state index in [1.54, 1.807) is 6.07 Å². The summed E-state index contributed by atoms with van der Waals surface area (Å²) in [5, 5.41) is 8.73. The average Bonchev–Trinajstić information content (AvgIpc) is 3.27. The maximum atomic E-state index is 11.9. The van der Waals surface area contributed by atoms with Crippen LogP contribution in [-0.2, 0) is 11.3 Å². The van der Waals surface area contributed by atoms with Crippen molar-refractivity contribution >= 4 is 24.2 Å². The molecule has 1 saturated carbocycles. The van der Waals surface area contributed by atoms with Gasteiger partial charge in [0, 0.05) is 31.1 Å². The highest BCUT2D eigenvalue weighted by molar-refractivity contribution is 5.94. The van der Waals surface area contributed by atoms with Gasteiger partial charge in [0.25, 0.3) is 5.91 Å². The van der Waals surface area contributed by atoms with E-state index in [0.29, 0.717) is 31.1 Å². The van der Waals surface area contributed by atoms with Gasteiger partial charge in [0.05, 0.1) is 0 Å². The second-order valence-electron chi connectivity index (χ2n) is 5.08. The first-order valence-corrected chi connectivity index (χ1v) is 7.00. The molecule has 116 valence electrons. The number of benzene rings is 1. The molecule has 0 atom stereocenters. The molecule has 6 heteroatoms. The van der Waals surface area contributed by atoms with Crippen LogP contribution >= 0.6 is 12.4 Å². The number of hydrogen-bond donors (Lipinski definition) is 3. The Morgan fingerprint density at radius 2 is 2.05 bits per heavy atom. The molecular weight excluding hydrogens is 290 g/mol. The predicted octanol–water partition coefficient (Wildman–Crippen LogP) is 1.23. The molecular formula is C15H22ClN3O2. The van der Waals surface area contributed by atoms with Crippen LogP contribution in [0.2, 0.25) is 0 Å². The summed E-state index contributed by atoms with van der Waals surface area (Å²) in [6.07, 6.45) is 2.61. The number of nitrogens with one attached hydrogen (secondary N) is 3. The summed E-state index contributed by atoms with van der Waals surface area (Å²) in [5.74, 6) is -0.0250. The summed E-state index contributed by atoms with van der Waals surface area (Å²) in [6, 6.07) is 7.73. The van der Waals surface area contributed by atoms with E-state index in [1.165, 1.54) is 0 Å². The molecule has 1 aromatic rings. The minimum atomic E-state index is -0.0316. The molecule has 1 aliphatic rings. The molecule has 21 heavy (non-hydrogen) atoms. The fraction of sp³-hybridized carbons (Fsp3) is 0.467. The fourth-order valence-electron chi connectivity index (χ4n) is 1.85. The van der Waals surface area contributed by atoms with Crippen LogP contribution in [0.15, 0.2) is 24.3 Å². The minimum absolute atomic E-state index is 0. The first kappa shape index (κ1) is 17.5. The molecule has 0 aliphatic heterocycles. The topological polar surface area (TPSA) is 70.2 Å². The second-order valence-corrected chi connectivity index (χ2v) is 5.08. The standard InChI is InChI=1S/C15H21N3O2.ClH/c1-16-8-7-14(19)17-10-11-3-2-4-12(9-11)15(20)18-13-5-6-13;/h2-4,9,13,16H,5-8,10H2,1H3,(H,17,19)(H,18,20);1H. The summed E-state index contributed by atoms with van der Waals surface area (Å²) < 4.78 is 0. The van der Waals surface area contributed by atoms with Gasteiger partial charge in [-0.3, -0.25) is 9.59 Å². The first-order valence-electron chi connectivity index (χ1n) is 7.00. The molecule has 0 spiro atoms. The molecule has 1 fully saturated rings. The van der Waals surface area contributed by atoms with Crippen molar-refractivity contribution in [3.8, 4) is 0 Å². The number of carbonyl (C=O) groups excluding carboxylic acids is 2. The van der Waals surface area contributed by atoms with Crippen LogP contribution in [-0.4, -0.2) is 31.4 Å². The van der Waals surface area contributed by atoms with Gasteiger partial charge in [0.1, 0.15) is 0 Å². The van der Waals surface area contributed by atoms with E-state index in [-0.39, 0.29) is 24.2 Å². The smallest absolute Gasteiger partial charge is 0.251 e. The highest BCUT2D eigenvalue weighted by atomic mass is 35.5. The van der Waals surface area contributed by atoms with Crippen LogP contribution in [0.25, 0.3) is 0 Å². The molecule has 0 bridgehead atoms. The molecule has 0 radical (unpaired) electrons. The molecule has 0 heterocycles. The number of amides is 2. The Labute approximate surface area is 131 Å². The summed E-state index contributed by atoms with van der Waals surface area (Å²) >= 11 is 0. The second kappa shape index (κ2) is 8.64. The van der Waals surface area contributed by atoms with Crippen molar-refractivity contribution in [2.45, 2.75) is 31.8 Å². The molecule has 2 rings (SSSR count). The van der Waals surface area contributed by atoms with Gasteiger partial charge >= 0.3 is 0 Å². The Morgan fingerprint density at radius 3 is 2.71 bits per heavy atom. The van der Waals surface area contributed by atoms with Crippen LogP contribution in [0, 0.1) is 0 Å². The SMILES string of the molecule is CNCCC(=O)NCc1cccc(C(=O)NC2CC2)c1.Cl. The number of hydrogen-bond acceptors (Lipinski definition) is 3. The number of carbonyl (C=O) groups is 2. The number of rotatable bonds is 7. The van der Waals surface area contributed by atoms with Gasteiger partial charge in [-0.25, -0.2) is 0 Å². The van der Waals surface area contributed by atoms with E-state index in [9.17, 15) is 9.59 Å². The van der Waals surface area contributed by atoms with Crippen molar-refractivity contribution < 1.29 is 9.59 Å². The number of halogens is 1. The van der Waals surface area contributed by atoms with Gasteiger partial charge in [-0.05, 0) is 37.6 Å². The molecule has 0 saturated heterocycles. The highest BCUT2D eigenvalue weighted by Gasteiger charge is 2.23. The largest absolute Gasteiger partial charge is 0.352 e. The zero-order chi connectivity index (χ0) is 14.4. The summed E-state index contributed by atoms with van der Waals surface area (Å²) in [7, 11) is 1.81. The van der Waals surface area contributed by atoms with E-state index >= 15 is 0 Å². The molecule has 0 unspecified atom stereocenters. The van der Waals surface area contributed by atoms with Crippen molar-refractivity contribution in [3.63, 3.8) is 0 Å². The lowest BCUT2D eigenvalue weighted by atomic mass is 10.1. The van der Waals surface area contributed by atoms with E-state index in [2.05, 4.69) is 16.0 Å². The maximum absolute atomic E-state index is 11.9. The minimum Gasteiger partial charge on any atom is -0.352 e. The normalized spacial score (nSPS) is 13.2. The summed E-state index contributed by atoms with van der Waals surface area (Å²) in [5.41, 5.74) is 1.59. The van der Waals surface area contributed by atoms with Crippen molar-refractivity contribution in [3.05, 3.63) is 35.4 Å². The highest BCUT2D eigenvalue weighted by Crippen LogP contribution is 2.19. The molecule has 0 aromatic heterocycles. The van der Waals surface area contributed by atoms with Gasteiger partial charge in [-0.1, -0.05) is 12.1 Å². The van der Waals surface area contributed by atoms with Crippen LogP contribution < -0.4 is 16.0 Å². The van der Waals surface area contributed by atoms with Crippen molar-refractivity contribution in [2.75, 3.05) is 13.6 Å². The Balaban J connectivity index is 0.00000220. The summed E-state index contributed by atoms with van der Waals surface area (Å²) in [6.45, 7) is 1.11. The van der Waals surface area contributed by atoms with Crippen molar-refractivity contribution in [1.82, 2.24) is 16.0 Å². The average molecular weight is 312 g/mol. The monoisotopic (exact) mass is 311 g/mol. The first-order chi connectivity index (χ1) is 9.69. The van der Waals surface area contributed by atoms with E-state index in [1.807, 2.05) is 25.2 Å². The molecule has 1 aliphatic carbocycles. The van der Waals surface area contributed by atoms with Crippen LogP contribution in [0.4, 0.5) is 0 Å². The zero-order valence-corrected chi connectivity index (χ0v) is 13.0. The lowest BCUT2D eigenvalue weighted by Crippen LogP contribution is -2.27. The Bertz CT molecular complexity index is 490. The van der Waals surface area contributed by atoms with Crippen molar-refractivity contribution in [2.24, 2.45) is 0 Å². The maximum Gasteiger partial charge on any atom is 0.251 e. The predicted molar refractivity (Wildman–Crippen MR) is 84.6 cm³/mol. The quantitative estimate of drug-likeness (QED) is 0.709. The Kier molecular flexibility index (Phi) is 7.19. The van der Waals surface area contributed by atoms with E-state index < -0.39 is 0 Å².